The van der Waals surface area contributed by atoms with Gasteiger partial charge >= 0.3 is 0 Å². The summed E-state index contributed by atoms with van der Waals surface area (Å²) in [6, 6.07) is 0. The van der Waals surface area contributed by atoms with Gasteiger partial charge in [-0.1, -0.05) is 0 Å². The Bertz CT molecular complexity index is 230. The van der Waals surface area contributed by atoms with Crippen molar-refractivity contribution in [2.75, 3.05) is 6.61 Å². The van der Waals surface area contributed by atoms with Crippen molar-refractivity contribution in [1.82, 2.24) is 5.32 Å². The first-order valence-corrected chi connectivity index (χ1v) is 5.34. The Labute approximate surface area is 94.9 Å². The number of rotatable bonds is 3. The molecule has 1 aliphatic rings. The topological polar surface area (TPSA) is 102 Å². The highest BCUT2D eigenvalue weighted by Crippen LogP contribution is 2.23. The summed E-state index contributed by atoms with van der Waals surface area (Å²) in [5.74, 6) is 0. The Morgan fingerprint density at radius 3 is 2.19 bits per heavy atom. The first-order chi connectivity index (χ1) is 7.26. The van der Waals surface area contributed by atoms with Crippen molar-refractivity contribution in [3.63, 3.8) is 0 Å². The summed E-state index contributed by atoms with van der Waals surface area (Å²) in [4.78, 5) is 0. The van der Waals surface area contributed by atoms with Crippen LogP contribution in [0.15, 0.2) is 0 Å². The van der Waals surface area contributed by atoms with Gasteiger partial charge in [0.15, 0.2) is 0 Å². The average Bonchev–Trinajstić information content (AvgIpc) is 2.41. The molecule has 0 aromatic heterocycles. The SMILES string of the molecule is CC(C)(C)NC(O)[C@H]1O[C@H](CO)[C@@H](O)[C@@H]1O. The van der Waals surface area contributed by atoms with E-state index in [1.54, 1.807) is 0 Å². The van der Waals surface area contributed by atoms with Crippen molar-refractivity contribution in [2.24, 2.45) is 0 Å². The van der Waals surface area contributed by atoms with Crippen LogP contribution in [0.25, 0.3) is 0 Å². The summed E-state index contributed by atoms with van der Waals surface area (Å²) in [6.45, 7) is 5.18. The Hall–Kier alpha value is -0.240. The molecule has 1 rings (SSSR count). The van der Waals surface area contributed by atoms with Crippen LogP contribution in [0.4, 0.5) is 0 Å². The van der Waals surface area contributed by atoms with Gasteiger partial charge < -0.3 is 25.2 Å². The molecule has 1 saturated heterocycles. The van der Waals surface area contributed by atoms with Crippen LogP contribution in [0.1, 0.15) is 20.8 Å². The van der Waals surface area contributed by atoms with Crippen LogP contribution >= 0.6 is 0 Å². The standard InChI is InChI=1S/C10H21NO5/c1-10(2,3)11-9(15)8-7(14)6(13)5(4-12)16-8/h5-9,11-15H,4H2,1-3H3/t5-,6-,7+,8+,9?/m1/s1. The van der Waals surface area contributed by atoms with Gasteiger partial charge in [0.1, 0.15) is 30.6 Å². The van der Waals surface area contributed by atoms with Crippen LogP contribution in [0.3, 0.4) is 0 Å². The fraction of sp³-hybridized carbons (Fsp3) is 1.00. The number of aliphatic hydroxyl groups excluding tert-OH is 4. The summed E-state index contributed by atoms with van der Waals surface area (Å²) >= 11 is 0. The molecule has 6 heteroatoms. The Balaban J connectivity index is 2.61. The normalized spacial score (nSPS) is 37.7. The van der Waals surface area contributed by atoms with Crippen molar-refractivity contribution in [1.29, 1.82) is 0 Å². The molecular formula is C10H21NO5. The maximum atomic E-state index is 9.80. The van der Waals surface area contributed by atoms with Gasteiger partial charge in [-0.25, -0.2) is 0 Å². The van der Waals surface area contributed by atoms with Crippen molar-refractivity contribution < 1.29 is 25.2 Å². The van der Waals surface area contributed by atoms with E-state index in [4.69, 9.17) is 9.84 Å². The third-order valence-corrected chi connectivity index (χ3v) is 2.47. The first kappa shape index (κ1) is 13.8. The third-order valence-electron chi connectivity index (χ3n) is 2.47. The van der Waals surface area contributed by atoms with Crippen LogP contribution in [0.5, 0.6) is 0 Å². The second-order valence-corrected chi connectivity index (χ2v) is 5.14. The zero-order chi connectivity index (χ0) is 12.5. The lowest BCUT2D eigenvalue weighted by molar-refractivity contribution is -0.0918. The van der Waals surface area contributed by atoms with E-state index in [9.17, 15) is 15.3 Å². The molecule has 0 radical (unpaired) electrons. The lowest BCUT2D eigenvalue weighted by Gasteiger charge is -2.29. The molecule has 16 heavy (non-hydrogen) atoms. The number of nitrogens with one attached hydrogen (secondary N) is 1. The lowest BCUT2D eigenvalue weighted by atomic mass is 10.0. The molecule has 5 N–H and O–H groups in total. The molecule has 1 fully saturated rings. The van der Waals surface area contributed by atoms with E-state index in [1.807, 2.05) is 20.8 Å². The number of aliphatic hydroxyl groups is 4. The molecule has 1 unspecified atom stereocenters. The maximum absolute atomic E-state index is 9.80. The van der Waals surface area contributed by atoms with Crippen molar-refractivity contribution in [3.8, 4) is 0 Å². The summed E-state index contributed by atoms with van der Waals surface area (Å²) in [6.07, 6.45) is -5.27. The molecule has 6 nitrogen and oxygen atoms in total. The minimum atomic E-state index is -1.21. The molecule has 1 aliphatic heterocycles. The molecular weight excluding hydrogens is 214 g/mol. The van der Waals surface area contributed by atoms with E-state index in [0.717, 1.165) is 0 Å². The van der Waals surface area contributed by atoms with Gasteiger partial charge in [-0.15, -0.1) is 0 Å². The Kier molecular flexibility index (Phi) is 4.28. The van der Waals surface area contributed by atoms with E-state index in [2.05, 4.69) is 5.32 Å². The molecule has 0 aliphatic carbocycles. The first-order valence-electron chi connectivity index (χ1n) is 5.34. The third kappa shape index (κ3) is 3.13. The van der Waals surface area contributed by atoms with Gasteiger partial charge in [-0.05, 0) is 20.8 Å². The average molecular weight is 235 g/mol. The second kappa shape index (κ2) is 4.95. The lowest BCUT2D eigenvalue weighted by Crippen LogP contribution is -2.52. The predicted octanol–water partition coefficient (Wildman–Crippen LogP) is -1.83. The van der Waals surface area contributed by atoms with Gasteiger partial charge in [-0.3, -0.25) is 5.32 Å². The van der Waals surface area contributed by atoms with Crippen LogP contribution in [0, 0.1) is 0 Å². The fourth-order valence-corrected chi connectivity index (χ4v) is 1.72. The van der Waals surface area contributed by atoms with Crippen molar-refractivity contribution in [2.45, 2.75) is 57.0 Å². The highest BCUT2D eigenvalue weighted by atomic mass is 16.6. The molecule has 1 heterocycles. The highest BCUT2D eigenvalue weighted by molar-refractivity contribution is 4.94. The zero-order valence-electron chi connectivity index (χ0n) is 9.79. The maximum Gasteiger partial charge on any atom is 0.134 e. The van der Waals surface area contributed by atoms with E-state index in [0.29, 0.717) is 0 Å². The fourth-order valence-electron chi connectivity index (χ4n) is 1.72. The van der Waals surface area contributed by atoms with Crippen LogP contribution in [-0.4, -0.2) is 63.2 Å². The molecule has 0 saturated carbocycles. The minimum absolute atomic E-state index is 0.343. The quantitative estimate of drug-likeness (QED) is 0.369. The van der Waals surface area contributed by atoms with E-state index in [-0.39, 0.29) is 5.54 Å². The number of hydrogen-bond donors (Lipinski definition) is 5. The summed E-state index contributed by atoms with van der Waals surface area (Å²) in [5.41, 5.74) is -0.343. The minimum Gasteiger partial charge on any atom is -0.394 e. The van der Waals surface area contributed by atoms with E-state index >= 15 is 0 Å². The Morgan fingerprint density at radius 2 is 1.81 bits per heavy atom. The smallest absolute Gasteiger partial charge is 0.134 e. The van der Waals surface area contributed by atoms with Gasteiger partial charge in [0.25, 0.3) is 0 Å². The van der Waals surface area contributed by atoms with Crippen LogP contribution < -0.4 is 5.32 Å². The summed E-state index contributed by atoms with van der Waals surface area (Å²) in [7, 11) is 0. The van der Waals surface area contributed by atoms with Gasteiger partial charge in [0.2, 0.25) is 0 Å². The summed E-state index contributed by atoms with van der Waals surface area (Å²) in [5, 5.41) is 40.7. The molecule has 0 bridgehead atoms. The van der Waals surface area contributed by atoms with Crippen molar-refractivity contribution in [3.05, 3.63) is 0 Å². The zero-order valence-corrected chi connectivity index (χ0v) is 9.79. The van der Waals surface area contributed by atoms with Crippen LogP contribution in [-0.2, 0) is 4.74 Å². The van der Waals surface area contributed by atoms with Gasteiger partial charge in [-0.2, -0.15) is 0 Å². The van der Waals surface area contributed by atoms with Gasteiger partial charge in [0.05, 0.1) is 6.61 Å². The van der Waals surface area contributed by atoms with E-state index < -0.39 is 37.3 Å². The second-order valence-electron chi connectivity index (χ2n) is 5.14. The van der Waals surface area contributed by atoms with Crippen molar-refractivity contribution >= 4 is 0 Å². The molecule has 96 valence electrons. The largest absolute Gasteiger partial charge is 0.394 e. The Morgan fingerprint density at radius 1 is 1.25 bits per heavy atom. The highest BCUT2D eigenvalue weighted by Gasteiger charge is 2.46. The van der Waals surface area contributed by atoms with Gasteiger partial charge in [0, 0.05) is 5.54 Å². The van der Waals surface area contributed by atoms with Crippen LogP contribution in [0.2, 0.25) is 0 Å². The molecule has 0 aromatic rings. The molecule has 0 spiro atoms. The molecule has 0 aromatic carbocycles. The summed E-state index contributed by atoms with van der Waals surface area (Å²) < 4.78 is 5.18. The monoisotopic (exact) mass is 235 g/mol. The van der Waals surface area contributed by atoms with E-state index in [1.165, 1.54) is 0 Å². The number of hydrogen-bond acceptors (Lipinski definition) is 6. The molecule has 5 atom stereocenters. The predicted molar refractivity (Wildman–Crippen MR) is 56.7 cm³/mol. The molecule has 0 amide bonds. The number of ether oxygens (including phenoxy) is 1.